The smallest absolute Gasteiger partial charge is 0.318 e. The van der Waals surface area contributed by atoms with E-state index in [1.807, 2.05) is 12.1 Å². The normalized spacial score (nSPS) is 13.3. The van der Waals surface area contributed by atoms with E-state index in [-0.39, 0.29) is 6.03 Å². The van der Waals surface area contributed by atoms with Gasteiger partial charge in [-0.2, -0.15) is 0 Å². The number of hydrogen-bond acceptors (Lipinski definition) is 5. The largest absolute Gasteiger partial charge is 0.441 e. The number of rotatable bonds is 4. The second-order valence-corrected chi connectivity index (χ2v) is 4.79. The molecule has 1 aliphatic rings. The predicted molar refractivity (Wildman–Crippen MR) is 72.9 cm³/mol. The van der Waals surface area contributed by atoms with E-state index < -0.39 is 0 Å². The molecule has 2 aromatic rings. The number of methoxy groups -OCH3 is 1. The van der Waals surface area contributed by atoms with Crippen LogP contribution in [0.5, 0.6) is 0 Å². The lowest BCUT2D eigenvalue weighted by molar-refractivity contribution is 0.154. The van der Waals surface area contributed by atoms with Gasteiger partial charge in [0.1, 0.15) is 18.1 Å². The number of nitrogens with one attached hydrogen (secondary N) is 1. The molecule has 0 bridgehead atoms. The quantitative estimate of drug-likeness (QED) is 0.920. The number of aromatic nitrogens is 2. The highest BCUT2D eigenvalue weighted by atomic mass is 16.5. The number of pyridine rings is 1. The number of amides is 2. The second kappa shape index (κ2) is 5.92. The van der Waals surface area contributed by atoms with Gasteiger partial charge in [0.2, 0.25) is 5.89 Å². The maximum Gasteiger partial charge on any atom is 0.318 e. The van der Waals surface area contributed by atoms with Crippen LogP contribution in [-0.2, 0) is 31.0 Å². The fraction of sp³-hybridized carbons (Fsp3) is 0.357. The maximum atomic E-state index is 12.1. The first-order valence-electron chi connectivity index (χ1n) is 6.64. The molecule has 7 heteroatoms. The van der Waals surface area contributed by atoms with Crippen molar-refractivity contribution in [3.05, 3.63) is 47.4 Å². The summed E-state index contributed by atoms with van der Waals surface area (Å²) in [6.45, 7) is 1.69. The highest BCUT2D eigenvalue weighted by Crippen LogP contribution is 2.23. The Balaban J connectivity index is 1.54. The van der Waals surface area contributed by atoms with Crippen LogP contribution in [0.25, 0.3) is 0 Å². The van der Waals surface area contributed by atoms with Crippen LogP contribution in [-0.4, -0.2) is 28.0 Å². The Hall–Kier alpha value is -2.41. The van der Waals surface area contributed by atoms with E-state index in [4.69, 9.17) is 9.15 Å². The van der Waals surface area contributed by atoms with Gasteiger partial charge in [0.05, 0.1) is 13.1 Å². The Labute approximate surface area is 121 Å². The Morgan fingerprint density at radius 3 is 3.14 bits per heavy atom. The number of carbonyl (C=O) groups excluding carboxylic acids is 1. The molecule has 2 aromatic heterocycles. The molecule has 0 radical (unpaired) electrons. The first-order chi connectivity index (χ1) is 10.3. The van der Waals surface area contributed by atoms with Crippen molar-refractivity contribution >= 4 is 6.03 Å². The molecule has 110 valence electrons. The van der Waals surface area contributed by atoms with Gasteiger partial charge in [-0.1, -0.05) is 6.07 Å². The lowest BCUT2D eigenvalue weighted by Gasteiger charge is -2.16. The number of carbonyl (C=O) groups is 1. The second-order valence-electron chi connectivity index (χ2n) is 4.79. The number of nitrogens with zero attached hydrogens (tertiary/aromatic N) is 3. The van der Waals surface area contributed by atoms with Gasteiger partial charge in [-0.25, -0.2) is 9.78 Å². The Bertz CT molecular complexity index is 603. The first-order valence-corrected chi connectivity index (χ1v) is 6.64. The predicted octanol–water partition coefficient (Wildman–Crippen LogP) is 1.44. The molecule has 0 aromatic carbocycles. The molecule has 0 atom stereocenters. The number of ether oxygens (including phenoxy) is 1. The summed E-state index contributed by atoms with van der Waals surface area (Å²) in [5.74, 6) is 1.29. The highest BCUT2D eigenvalue weighted by molar-refractivity contribution is 5.74. The molecule has 3 heterocycles. The van der Waals surface area contributed by atoms with E-state index in [0.29, 0.717) is 32.1 Å². The standard InChI is InChI=1S/C14H16N4O3/c1-20-9-13-17-11-7-18(8-12(11)21-13)14(19)16-6-10-3-2-4-15-5-10/h2-5H,6-9H2,1H3,(H,16,19). The average molecular weight is 288 g/mol. The molecular formula is C14H16N4O3. The van der Waals surface area contributed by atoms with E-state index in [9.17, 15) is 4.79 Å². The summed E-state index contributed by atoms with van der Waals surface area (Å²) in [6, 6.07) is 3.62. The topological polar surface area (TPSA) is 80.5 Å². The van der Waals surface area contributed by atoms with Crippen LogP contribution in [0.1, 0.15) is 22.9 Å². The van der Waals surface area contributed by atoms with Crippen LogP contribution in [0.3, 0.4) is 0 Å². The molecule has 21 heavy (non-hydrogen) atoms. The maximum absolute atomic E-state index is 12.1. The number of oxazole rings is 1. The summed E-state index contributed by atoms with van der Waals surface area (Å²) < 4.78 is 10.5. The molecule has 0 fully saturated rings. The van der Waals surface area contributed by atoms with Gasteiger partial charge in [0.25, 0.3) is 0 Å². The molecule has 0 saturated heterocycles. The fourth-order valence-corrected chi connectivity index (χ4v) is 2.21. The fourth-order valence-electron chi connectivity index (χ4n) is 2.21. The molecule has 0 aliphatic carbocycles. The minimum Gasteiger partial charge on any atom is -0.441 e. The number of fused-ring (bicyclic) bond motifs is 1. The van der Waals surface area contributed by atoms with Gasteiger partial charge in [0, 0.05) is 26.0 Å². The molecule has 0 unspecified atom stereocenters. The number of hydrogen-bond donors (Lipinski definition) is 1. The third kappa shape index (κ3) is 3.03. The van der Waals surface area contributed by atoms with Crippen molar-refractivity contribution in [1.29, 1.82) is 0 Å². The third-order valence-electron chi connectivity index (χ3n) is 3.22. The van der Waals surface area contributed by atoms with Gasteiger partial charge in [-0.3, -0.25) is 4.98 Å². The van der Waals surface area contributed by atoms with Crippen molar-refractivity contribution in [2.75, 3.05) is 7.11 Å². The van der Waals surface area contributed by atoms with Gasteiger partial charge < -0.3 is 19.4 Å². The monoisotopic (exact) mass is 288 g/mol. The summed E-state index contributed by atoms with van der Waals surface area (Å²) in [5.41, 5.74) is 1.76. The van der Waals surface area contributed by atoms with Crippen LogP contribution in [0.4, 0.5) is 4.79 Å². The summed E-state index contributed by atoms with van der Waals surface area (Å²) >= 11 is 0. The van der Waals surface area contributed by atoms with E-state index in [1.165, 1.54) is 0 Å². The molecule has 0 saturated carbocycles. The van der Waals surface area contributed by atoms with E-state index >= 15 is 0 Å². The highest BCUT2D eigenvalue weighted by Gasteiger charge is 2.28. The van der Waals surface area contributed by atoms with Gasteiger partial charge in [-0.15, -0.1) is 0 Å². The van der Waals surface area contributed by atoms with E-state index in [1.54, 1.807) is 24.4 Å². The summed E-state index contributed by atoms with van der Waals surface area (Å²) in [6.07, 6.45) is 3.43. The lowest BCUT2D eigenvalue weighted by atomic mass is 10.3. The minimum atomic E-state index is -0.139. The minimum absolute atomic E-state index is 0.139. The van der Waals surface area contributed by atoms with Gasteiger partial charge in [-0.05, 0) is 11.6 Å². The van der Waals surface area contributed by atoms with Gasteiger partial charge >= 0.3 is 6.03 Å². The van der Waals surface area contributed by atoms with Crippen molar-refractivity contribution in [2.24, 2.45) is 0 Å². The summed E-state index contributed by atoms with van der Waals surface area (Å²) in [4.78, 5) is 22.1. The number of urea groups is 1. The van der Waals surface area contributed by atoms with Crippen molar-refractivity contribution in [3.8, 4) is 0 Å². The molecule has 3 rings (SSSR count). The first kappa shape index (κ1) is 13.6. The zero-order valence-electron chi connectivity index (χ0n) is 11.7. The van der Waals surface area contributed by atoms with Crippen LogP contribution in [0.2, 0.25) is 0 Å². The lowest BCUT2D eigenvalue weighted by Crippen LogP contribution is -2.36. The van der Waals surface area contributed by atoms with E-state index in [0.717, 1.165) is 17.0 Å². The van der Waals surface area contributed by atoms with Crippen molar-refractivity contribution in [1.82, 2.24) is 20.2 Å². The van der Waals surface area contributed by atoms with Gasteiger partial charge in [0.15, 0.2) is 0 Å². The Morgan fingerprint density at radius 1 is 1.52 bits per heavy atom. The molecule has 1 aliphatic heterocycles. The van der Waals surface area contributed by atoms with Crippen molar-refractivity contribution in [2.45, 2.75) is 26.2 Å². The van der Waals surface area contributed by atoms with Crippen LogP contribution in [0, 0.1) is 0 Å². The molecule has 2 amide bonds. The summed E-state index contributed by atoms with van der Waals surface area (Å²) in [7, 11) is 1.59. The Kier molecular flexibility index (Phi) is 3.83. The zero-order valence-corrected chi connectivity index (χ0v) is 11.7. The molecular weight excluding hydrogens is 272 g/mol. The van der Waals surface area contributed by atoms with Crippen molar-refractivity contribution < 1.29 is 13.9 Å². The van der Waals surface area contributed by atoms with Crippen LogP contribution >= 0.6 is 0 Å². The molecule has 7 nitrogen and oxygen atoms in total. The van der Waals surface area contributed by atoms with Crippen molar-refractivity contribution in [3.63, 3.8) is 0 Å². The average Bonchev–Trinajstić information content (AvgIpc) is 3.04. The SMILES string of the molecule is COCc1nc2c(o1)CN(C(=O)NCc1cccnc1)C2. The third-order valence-corrected chi connectivity index (χ3v) is 3.22. The van der Waals surface area contributed by atoms with Crippen LogP contribution in [0.15, 0.2) is 28.9 Å². The zero-order chi connectivity index (χ0) is 14.7. The summed E-state index contributed by atoms with van der Waals surface area (Å²) in [5, 5.41) is 2.86. The van der Waals surface area contributed by atoms with E-state index in [2.05, 4.69) is 15.3 Å². The molecule has 1 N–H and O–H groups in total. The molecule has 0 spiro atoms. The Morgan fingerprint density at radius 2 is 2.43 bits per heavy atom. The van der Waals surface area contributed by atoms with Crippen LogP contribution < -0.4 is 5.32 Å².